The number of hydrogen-bond acceptors (Lipinski definition) is 1. The molecule has 2 nitrogen and oxygen atoms in total. The van der Waals surface area contributed by atoms with Gasteiger partial charge in [-0.3, -0.25) is 4.79 Å². The summed E-state index contributed by atoms with van der Waals surface area (Å²) in [5, 5.41) is 3.21. The van der Waals surface area contributed by atoms with Gasteiger partial charge in [-0.15, -0.1) is 0 Å². The van der Waals surface area contributed by atoms with Crippen LogP contribution in [0.4, 0.5) is 0 Å². The first-order chi connectivity index (χ1) is 12.1. The molecule has 0 unspecified atom stereocenters. The molecular formula is C23H23NO. The summed E-state index contributed by atoms with van der Waals surface area (Å²) in [5.41, 5.74) is 6.22. The van der Waals surface area contributed by atoms with Crippen molar-refractivity contribution >= 4 is 5.91 Å². The summed E-state index contributed by atoms with van der Waals surface area (Å²) in [6.45, 7) is 6.10. The topological polar surface area (TPSA) is 29.1 Å². The van der Waals surface area contributed by atoms with Crippen molar-refractivity contribution in [1.29, 1.82) is 0 Å². The standard InChI is InChI=1S/C23H23NO/c1-16-14-18(3)21(15-17(16)2)23(25)24-22(19-10-6-4-7-11-19)20-12-8-5-9-13-20/h4-15,22H,1-3H3,(H,24,25). The van der Waals surface area contributed by atoms with Gasteiger partial charge < -0.3 is 5.32 Å². The highest BCUT2D eigenvalue weighted by atomic mass is 16.1. The van der Waals surface area contributed by atoms with Gasteiger partial charge in [0.2, 0.25) is 0 Å². The Bertz CT molecular complexity index is 830. The van der Waals surface area contributed by atoms with E-state index in [1.165, 1.54) is 5.56 Å². The number of amides is 1. The first kappa shape index (κ1) is 17.0. The Morgan fingerprint density at radius 2 is 1.20 bits per heavy atom. The molecule has 0 aliphatic rings. The van der Waals surface area contributed by atoms with E-state index in [1.54, 1.807) is 0 Å². The fourth-order valence-corrected chi connectivity index (χ4v) is 3.06. The number of carbonyl (C=O) groups is 1. The SMILES string of the molecule is Cc1cc(C)c(C(=O)NC(c2ccccc2)c2ccccc2)cc1C. The fourth-order valence-electron chi connectivity index (χ4n) is 3.06. The summed E-state index contributed by atoms with van der Waals surface area (Å²) >= 11 is 0. The Kier molecular flexibility index (Phi) is 4.99. The van der Waals surface area contributed by atoms with Gasteiger partial charge in [-0.1, -0.05) is 66.7 Å². The molecule has 3 aromatic rings. The number of carbonyl (C=O) groups excluding carboxylic acids is 1. The van der Waals surface area contributed by atoms with Crippen LogP contribution < -0.4 is 5.32 Å². The predicted octanol–water partition coefficient (Wildman–Crippen LogP) is 5.13. The second-order valence-corrected chi connectivity index (χ2v) is 6.48. The van der Waals surface area contributed by atoms with Crippen LogP contribution in [0.15, 0.2) is 72.8 Å². The normalized spacial score (nSPS) is 10.7. The average Bonchev–Trinajstić information content (AvgIpc) is 2.64. The molecule has 0 aliphatic heterocycles. The van der Waals surface area contributed by atoms with E-state index in [2.05, 4.69) is 18.3 Å². The van der Waals surface area contributed by atoms with Gasteiger partial charge in [0.1, 0.15) is 0 Å². The first-order valence-corrected chi connectivity index (χ1v) is 8.55. The van der Waals surface area contributed by atoms with E-state index in [0.29, 0.717) is 0 Å². The predicted molar refractivity (Wildman–Crippen MR) is 103 cm³/mol. The molecular weight excluding hydrogens is 306 g/mol. The Labute approximate surface area is 149 Å². The van der Waals surface area contributed by atoms with E-state index >= 15 is 0 Å². The Hall–Kier alpha value is -2.87. The molecule has 0 bridgehead atoms. The highest BCUT2D eigenvalue weighted by molar-refractivity contribution is 5.96. The van der Waals surface area contributed by atoms with Crippen molar-refractivity contribution in [3.05, 3.63) is 106 Å². The molecule has 0 spiro atoms. The maximum absolute atomic E-state index is 13.0. The first-order valence-electron chi connectivity index (χ1n) is 8.55. The third-order valence-electron chi connectivity index (χ3n) is 4.63. The summed E-state index contributed by atoms with van der Waals surface area (Å²) in [4.78, 5) is 13.0. The van der Waals surface area contributed by atoms with Crippen LogP contribution in [0.25, 0.3) is 0 Å². The quantitative estimate of drug-likeness (QED) is 0.706. The number of benzene rings is 3. The summed E-state index contributed by atoms with van der Waals surface area (Å²) in [7, 11) is 0. The molecule has 3 rings (SSSR count). The third kappa shape index (κ3) is 3.80. The van der Waals surface area contributed by atoms with Gasteiger partial charge in [-0.2, -0.15) is 0 Å². The second-order valence-electron chi connectivity index (χ2n) is 6.48. The minimum atomic E-state index is -0.170. The van der Waals surface area contributed by atoms with E-state index in [1.807, 2.05) is 80.6 Å². The van der Waals surface area contributed by atoms with Crippen LogP contribution in [-0.4, -0.2) is 5.91 Å². The van der Waals surface area contributed by atoms with Gasteiger partial charge in [0.25, 0.3) is 5.91 Å². The summed E-state index contributed by atoms with van der Waals surface area (Å²) in [5.74, 6) is -0.0432. The maximum atomic E-state index is 13.0. The Morgan fingerprint density at radius 1 is 0.720 bits per heavy atom. The molecule has 0 atom stereocenters. The number of aryl methyl sites for hydroxylation is 3. The Morgan fingerprint density at radius 3 is 1.72 bits per heavy atom. The van der Waals surface area contributed by atoms with Gasteiger partial charge in [0, 0.05) is 5.56 Å². The molecule has 0 saturated carbocycles. The largest absolute Gasteiger partial charge is 0.341 e. The zero-order valence-corrected chi connectivity index (χ0v) is 14.9. The van der Waals surface area contributed by atoms with Crippen LogP contribution >= 0.6 is 0 Å². The molecule has 25 heavy (non-hydrogen) atoms. The highest BCUT2D eigenvalue weighted by Gasteiger charge is 2.19. The molecule has 3 aromatic carbocycles. The van der Waals surface area contributed by atoms with Crippen molar-refractivity contribution in [2.24, 2.45) is 0 Å². The molecule has 0 radical (unpaired) electrons. The third-order valence-corrected chi connectivity index (χ3v) is 4.63. The monoisotopic (exact) mass is 329 g/mol. The van der Waals surface area contributed by atoms with Crippen molar-refractivity contribution in [2.45, 2.75) is 26.8 Å². The van der Waals surface area contributed by atoms with Gasteiger partial charge in [0.15, 0.2) is 0 Å². The number of rotatable bonds is 4. The minimum absolute atomic E-state index is 0.0432. The molecule has 2 heteroatoms. The molecule has 1 amide bonds. The highest BCUT2D eigenvalue weighted by Crippen LogP contribution is 2.23. The maximum Gasteiger partial charge on any atom is 0.252 e. The van der Waals surface area contributed by atoms with E-state index in [9.17, 15) is 4.79 Å². The van der Waals surface area contributed by atoms with Gasteiger partial charge in [-0.25, -0.2) is 0 Å². The fraction of sp³-hybridized carbons (Fsp3) is 0.174. The van der Waals surface area contributed by atoms with Crippen LogP contribution in [0.2, 0.25) is 0 Å². The van der Waals surface area contributed by atoms with E-state index < -0.39 is 0 Å². The zero-order valence-electron chi connectivity index (χ0n) is 14.9. The summed E-state index contributed by atoms with van der Waals surface area (Å²) < 4.78 is 0. The zero-order chi connectivity index (χ0) is 17.8. The van der Waals surface area contributed by atoms with E-state index in [0.717, 1.165) is 27.8 Å². The molecule has 1 N–H and O–H groups in total. The van der Waals surface area contributed by atoms with E-state index in [-0.39, 0.29) is 11.9 Å². The van der Waals surface area contributed by atoms with Crippen LogP contribution in [0, 0.1) is 20.8 Å². The lowest BCUT2D eigenvalue weighted by Crippen LogP contribution is -2.30. The van der Waals surface area contributed by atoms with Crippen molar-refractivity contribution < 1.29 is 4.79 Å². The Balaban J connectivity index is 1.96. The van der Waals surface area contributed by atoms with Gasteiger partial charge in [0.05, 0.1) is 6.04 Å². The lowest BCUT2D eigenvalue weighted by atomic mass is 9.96. The second kappa shape index (κ2) is 7.35. The average molecular weight is 329 g/mol. The lowest BCUT2D eigenvalue weighted by molar-refractivity contribution is 0.0942. The van der Waals surface area contributed by atoms with Gasteiger partial charge in [-0.05, 0) is 54.7 Å². The van der Waals surface area contributed by atoms with Crippen molar-refractivity contribution in [1.82, 2.24) is 5.32 Å². The van der Waals surface area contributed by atoms with Crippen LogP contribution in [0.3, 0.4) is 0 Å². The summed E-state index contributed by atoms with van der Waals surface area (Å²) in [6, 6.07) is 24.0. The molecule has 0 aliphatic carbocycles. The molecule has 0 aromatic heterocycles. The van der Waals surface area contributed by atoms with Crippen molar-refractivity contribution in [3.63, 3.8) is 0 Å². The molecule has 126 valence electrons. The smallest absolute Gasteiger partial charge is 0.252 e. The van der Waals surface area contributed by atoms with Gasteiger partial charge >= 0.3 is 0 Å². The van der Waals surface area contributed by atoms with Crippen molar-refractivity contribution in [3.8, 4) is 0 Å². The van der Waals surface area contributed by atoms with Crippen LogP contribution in [0.5, 0.6) is 0 Å². The van der Waals surface area contributed by atoms with Crippen LogP contribution in [0.1, 0.15) is 44.2 Å². The number of hydrogen-bond donors (Lipinski definition) is 1. The molecule has 0 saturated heterocycles. The van der Waals surface area contributed by atoms with E-state index in [4.69, 9.17) is 0 Å². The summed E-state index contributed by atoms with van der Waals surface area (Å²) in [6.07, 6.45) is 0. The van der Waals surface area contributed by atoms with Crippen LogP contribution in [-0.2, 0) is 0 Å². The minimum Gasteiger partial charge on any atom is -0.341 e. The molecule has 0 fully saturated rings. The molecule has 0 heterocycles. The number of nitrogens with one attached hydrogen (secondary N) is 1. The lowest BCUT2D eigenvalue weighted by Gasteiger charge is -2.21. The van der Waals surface area contributed by atoms with Crippen molar-refractivity contribution in [2.75, 3.05) is 0 Å².